The van der Waals surface area contributed by atoms with Gasteiger partial charge in [-0.3, -0.25) is 4.79 Å². The average molecular weight is 252 g/mol. The molecular weight excluding hydrogens is 243 g/mol. The summed E-state index contributed by atoms with van der Waals surface area (Å²) in [6, 6.07) is 0.941. The molecule has 0 radical (unpaired) electrons. The van der Waals surface area contributed by atoms with E-state index in [1.54, 1.807) is 6.92 Å². The highest BCUT2D eigenvalue weighted by atomic mass is 35.5. The average Bonchev–Trinajstić information content (AvgIpc) is 2.23. The second-order valence-corrected chi connectivity index (χ2v) is 3.48. The Balaban J connectivity index is 3.04. The van der Waals surface area contributed by atoms with Gasteiger partial charge < -0.3 is 5.32 Å². The molecule has 1 rings (SSSR count). The Kier molecular flexibility index (Phi) is 4.18. The topological polar surface area (TPSA) is 29.1 Å². The Morgan fingerprint density at radius 3 is 2.44 bits per heavy atom. The molecular formula is C10H9ClF3NO. The first-order valence-corrected chi connectivity index (χ1v) is 4.97. The van der Waals surface area contributed by atoms with Crippen LogP contribution in [0.3, 0.4) is 0 Å². The monoisotopic (exact) mass is 251 g/mol. The van der Waals surface area contributed by atoms with Gasteiger partial charge >= 0.3 is 0 Å². The van der Waals surface area contributed by atoms with Crippen molar-refractivity contribution in [2.75, 3.05) is 6.54 Å². The number of hydrogen-bond donors (Lipinski definition) is 1. The number of carbonyl (C=O) groups excluding carboxylic acids is 1. The number of likely N-dealkylation sites (N-methyl/N-ethyl adjacent to an activating group) is 1. The smallest absolute Gasteiger partial charge is 0.242 e. The molecule has 0 heterocycles. The maximum absolute atomic E-state index is 13.2. The van der Waals surface area contributed by atoms with Gasteiger partial charge in [0.1, 0.15) is 11.2 Å². The first-order chi connectivity index (χ1) is 7.47. The zero-order valence-corrected chi connectivity index (χ0v) is 9.12. The molecule has 2 nitrogen and oxygen atoms in total. The molecule has 0 spiro atoms. The molecule has 1 amide bonds. The van der Waals surface area contributed by atoms with Crippen molar-refractivity contribution in [2.45, 2.75) is 12.3 Å². The quantitative estimate of drug-likeness (QED) is 0.649. The van der Waals surface area contributed by atoms with Gasteiger partial charge in [-0.2, -0.15) is 0 Å². The van der Waals surface area contributed by atoms with E-state index in [9.17, 15) is 18.0 Å². The number of amides is 1. The predicted octanol–water partition coefficient (Wildman–Crippen LogP) is 2.52. The zero-order valence-electron chi connectivity index (χ0n) is 8.36. The molecule has 0 aromatic heterocycles. The molecule has 1 N–H and O–H groups in total. The van der Waals surface area contributed by atoms with E-state index in [4.69, 9.17) is 11.6 Å². The van der Waals surface area contributed by atoms with Crippen LogP contribution in [0.2, 0.25) is 0 Å². The fraction of sp³-hybridized carbons (Fsp3) is 0.300. The van der Waals surface area contributed by atoms with Crippen LogP contribution in [0.15, 0.2) is 12.1 Å². The Labute approximate surface area is 95.4 Å². The van der Waals surface area contributed by atoms with Gasteiger partial charge in [-0.15, -0.1) is 11.6 Å². The highest BCUT2D eigenvalue weighted by Crippen LogP contribution is 2.25. The SMILES string of the molecule is CCNC(=O)C(Cl)c1cc(F)c(F)cc1F. The van der Waals surface area contributed by atoms with Gasteiger partial charge in [-0.25, -0.2) is 13.2 Å². The molecule has 0 saturated carbocycles. The second-order valence-electron chi connectivity index (χ2n) is 3.04. The highest BCUT2D eigenvalue weighted by molar-refractivity contribution is 6.30. The fourth-order valence-corrected chi connectivity index (χ4v) is 1.38. The standard InChI is InChI=1S/C10H9ClF3NO/c1-2-15-10(16)9(11)5-3-7(13)8(14)4-6(5)12/h3-4,9H,2H2,1H3,(H,15,16). The molecule has 6 heteroatoms. The van der Waals surface area contributed by atoms with E-state index in [2.05, 4.69) is 5.32 Å². The fourth-order valence-electron chi connectivity index (χ4n) is 1.14. The lowest BCUT2D eigenvalue weighted by atomic mass is 10.1. The van der Waals surface area contributed by atoms with Crippen LogP contribution in [0.25, 0.3) is 0 Å². The third-order valence-electron chi connectivity index (χ3n) is 1.89. The van der Waals surface area contributed by atoms with Crippen LogP contribution in [0.4, 0.5) is 13.2 Å². The molecule has 1 aromatic carbocycles. The molecule has 0 aliphatic rings. The van der Waals surface area contributed by atoms with Gasteiger partial charge in [0.05, 0.1) is 0 Å². The van der Waals surface area contributed by atoms with Crippen molar-refractivity contribution in [3.8, 4) is 0 Å². The zero-order chi connectivity index (χ0) is 12.3. The summed E-state index contributed by atoms with van der Waals surface area (Å²) in [5, 5.41) is 0.972. The van der Waals surface area contributed by atoms with Gasteiger partial charge in [0.2, 0.25) is 5.91 Å². The summed E-state index contributed by atoms with van der Waals surface area (Å²) in [6.45, 7) is 1.97. The van der Waals surface area contributed by atoms with Crippen LogP contribution < -0.4 is 5.32 Å². The summed E-state index contributed by atoms with van der Waals surface area (Å²) in [5.74, 6) is -4.27. The van der Waals surface area contributed by atoms with Crippen molar-refractivity contribution in [2.24, 2.45) is 0 Å². The number of benzene rings is 1. The number of alkyl halides is 1. The molecule has 0 saturated heterocycles. The molecule has 88 valence electrons. The molecule has 0 aliphatic carbocycles. The minimum Gasteiger partial charge on any atom is -0.355 e. The Bertz CT molecular complexity index is 411. The summed E-state index contributed by atoms with van der Waals surface area (Å²) >= 11 is 5.62. The maximum atomic E-state index is 13.2. The summed E-state index contributed by atoms with van der Waals surface area (Å²) < 4.78 is 38.7. The Morgan fingerprint density at radius 1 is 1.31 bits per heavy atom. The lowest BCUT2D eigenvalue weighted by Crippen LogP contribution is -2.27. The van der Waals surface area contributed by atoms with E-state index >= 15 is 0 Å². The van der Waals surface area contributed by atoms with Crippen molar-refractivity contribution in [1.29, 1.82) is 0 Å². The summed E-state index contributed by atoms with van der Waals surface area (Å²) in [7, 11) is 0. The van der Waals surface area contributed by atoms with Gasteiger partial charge in [-0.05, 0) is 13.0 Å². The van der Waals surface area contributed by atoms with Crippen LogP contribution in [-0.2, 0) is 4.79 Å². The number of rotatable bonds is 3. The third kappa shape index (κ3) is 2.66. The predicted molar refractivity (Wildman–Crippen MR) is 53.6 cm³/mol. The Hall–Kier alpha value is -1.23. The van der Waals surface area contributed by atoms with Crippen molar-refractivity contribution in [3.63, 3.8) is 0 Å². The first kappa shape index (κ1) is 12.8. The van der Waals surface area contributed by atoms with Crippen LogP contribution >= 0.6 is 11.6 Å². The minimum atomic E-state index is -1.38. The lowest BCUT2D eigenvalue weighted by Gasteiger charge is -2.10. The van der Waals surface area contributed by atoms with Gasteiger partial charge in [0, 0.05) is 18.2 Å². The summed E-state index contributed by atoms with van der Waals surface area (Å²) in [4.78, 5) is 11.3. The summed E-state index contributed by atoms with van der Waals surface area (Å²) in [6.07, 6.45) is 0. The van der Waals surface area contributed by atoms with E-state index in [-0.39, 0.29) is 5.56 Å². The Morgan fingerprint density at radius 2 is 1.88 bits per heavy atom. The molecule has 1 aromatic rings. The van der Waals surface area contributed by atoms with E-state index in [0.29, 0.717) is 18.7 Å². The van der Waals surface area contributed by atoms with Crippen LogP contribution in [0, 0.1) is 17.5 Å². The molecule has 0 fully saturated rings. The summed E-state index contributed by atoms with van der Waals surface area (Å²) in [5.41, 5.74) is -0.383. The molecule has 0 bridgehead atoms. The third-order valence-corrected chi connectivity index (χ3v) is 2.33. The van der Waals surface area contributed by atoms with Crippen molar-refractivity contribution < 1.29 is 18.0 Å². The second kappa shape index (κ2) is 5.21. The largest absolute Gasteiger partial charge is 0.355 e. The number of hydrogen-bond acceptors (Lipinski definition) is 1. The highest BCUT2D eigenvalue weighted by Gasteiger charge is 2.22. The number of carbonyl (C=O) groups is 1. The van der Waals surface area contributed by atoms with Gasteiger partial charge in [0.25, 0.3) is 0 Å². The van der Waals surface area contributed by atoms with Crippen LogP contribution in [0.5, 0.6) is 0 Å². The first-order valence-electron chi connectivity index (χ1n) is 4.53. The van der Waals surface area contributed by atoms with Crippen LogP contribution in [0.1, 0.15) is 17.9 Å². The van der Waals surface area contributed by atoms with E-state index in [1.807, 2.05) is 0 Å². The number of nitrogens with one attached hydrogen (secondary N) is 1. The van der Waals surface area contributed by atoms with Crippen molar-refractivity contribution in [1.82, 2.24) is 5.32 Å². The van der Waals surface area contributed by atoms with E-state index < -0.39 is 28.7 Å². The molecule has 16 heavy (non-hydrogen) atoms. The number of halogens is 4. The normalized spacial score (nSPS) is 12.3. The van der Waals surface area contributed by atoms with Gasteiger partial charge in [-0.1, -0.05) is 0 Å². The van der Waals surface area contributed by atoms with E-state index in [0.717, 1.165) is 0 Å². The lowest BCUT2D eigenvalue weighted by molar-refractivity contribution is -0.120. The van der Waals surface area contributed by atoms with Crippen molar-refractivity contribution >= 4 is 17.5 Å². The van der Waals surface area contributed by atoms with Gasteiger partial charge in [0.15, 0.2) is 11.6 Å². The van der Waals surface area contributed by atoms with E-state index in [1.165, 1.54) is 0 Å². The van der Waals surface area contributed by atoms with Crippen molar-refractivity contribution in [3.05, 3.63) is 35.1 Å². The maximum Gasteiger partial charge on any atom is 0.242 e. The molecule has 1 atom stereocenters. The van der Waals surface area contributed by atoms with Crippen LogP contribution in [-0.4, -0.2) is 12.5 Å². The molecule has 1 unspecified atom stereocenters. The molecule has 0 aliphatic heterocycles. The minimum absolute atomic E-state index is 0.313.